The number of rotatable bonds is 5. The van der Waals surface area contributed by atoms with Gasteiger partial charge in [-0.1, -0.05) is 22.9 Å². The zero-order chi connectivity index (χ0) is 12.8. The van der Waals surface area contributed by atoms with Gasteiger partial charge in [0.05, 0.1) is 38.3 Å². The molecule has 1 atom stereocenters. The number of nitrogens with zero attached hydrogens (tertiary/aromatic N) is 3. The SMILES string of the molecule is CCCOc1cncc(N2CCOCC2CBr)n1. The smallest absolute Gasteiger partial charge is 0.234 e. The molecular formula is C12H18BrN3O2. The third-order valence-electron chi connectivity index (χ3n) is 2.75. The van der Waals surface area contributed by atoms with Crippen LogP contribution in [0.4, 0.5) is 5.82 Å². The first-order valence-electron chi connectivity index (χ1n) is 6.20. The fourth-order valence-corrected chi connectivity index (χ4v) is 2.37. The van der Waals surface area contributed by atoms with Gasteiger partial charge in [-0.05, 0) is 6.42 Å². The Morgan fingerprint density at radius 3 is 3.22 bits per heavy atom. The molecule has 0 amide bonds. The van der Waals surface area contributed by atoms with E-state index in [1.807, 2.05) is 0 Å². The van der Waals surface area contributed by atoms with Gasteiger partial charge in [0.15, 0.2) is 5.82 Å². The fraction of sp³-hybridized carbons (Fsp3) is 0.667. The first-order chi connectivity index (χ1) is 8.85. The van der Waals surface area contributed by atoms with E-state index >= 15 is 0 Å². The second kappa shape index (κ2) is 6.89. The monoisotopic (exact) mass is 315 g/mol. The zero-order valence-corrected chi connectivity index (χ0v) is 12.1. The molecule has 0 radical (unpaired) electrons. The number of alkyl halides is 1. The summed E-state index contributed by atoms with van der Waals surface area (Å²) in [5.41, 5.74) is 0. The summed E-state index contributed by atoms with van der Waals surface area (Å²) in [5.74, 6) is 1.45. The van der Waals surface area contributed by atoms with Crippen molar-refractivity contribution in [3.8, 4) is 5.88 Å². The molecule has 18 heavy (non-hydrogen) atoms. The summed E-state index contributed by atoms with van der Waals surface area (Å²) < 4.78 is 11.0. The van der Waals surface area contributed by atoms with Crippen molar-refractivity contribution in [3.05, 3.63) is 12.4 Å². The Hall–Kier alpha value is -0.880. The summed E-state index contributed by atoms with van der Waals surface area (Å²) in [6.45, 7) is 5.02. The van der Waals surface area contributed by atoms with Gasteiger partial charge >= 0.3 is 0 Å². The van der Waals surface area contributed by atoms with Crippen molar-refractivity contribution in [1.29, 1.82) is 0 Å². The second-order valence-electron chi connectivity index (χ2n) is 4.14. The maximum atomic E-state index is 5.51. The lowest BCUT2D eigenvalue weighted by Crippen LogP contribution is -2.47. The minimum absolute atomic E-state index is 0.300. The molecular weight excluding hydrogens is 298 g/mol. The summed E-state index contributed by atoms with van der Waals surface area (Å²) in [7, 11) is 0. The Morgan fingerprint density at radius 1 is 1.56 bits per heavy atom. The Labute approximate surface area is 116 Å². The first-order valence-corrected chi connectivity index (χ1v) is 7.32. The molecule has 1 saturated heterocycles. The van der Waals surface area contributed by atoms with Gasteiger partial charge in [-0.25, -0.2) is 0 Å². The molecule has 6 heteroatoms. The maximum absolute atomic E-state index is 5.51. The van der Waals surface area contributed by atoms with Crippen molar-refractivity contribution in [2.75, 3.05) is 36.6 Å². The molecule has 1 aliphatic heterocycles. The molecule has 2 heterocycles. The molecule has 0 aromatic carbocycles. The zero-order valence-electron chi connectivity index (χ0n) is 10.5. The standard InChI is InChI=1S/C12H18BrN3O2/c1-2-4-18-12-8-14-7-11(15-12)16-3-5-17-9-10(16)6-13/h7-8,10H,2-6,9H2,1H3. The lowest BCUT2D eigenvalue weighted by atomic mass is 10.2. The lowest BCUT2D eigenvalue weighted by Gasteiger charge is -2.35. The molecule has 2 rings (SSSR count). The van der Waals surface area contributed by atoms with Crippen LogP contribution >= 0.6 is 15.9 Å². The number of hydrogen-bond acceptors (Lipinski definition) is 5. The molecule has 0 aliphatic carbocycles. The summed E-state index contributed by atoms with van der Waals surface area (Å²) in [6, 6.07) is 0.300. The quantitative estimate of drug-likeness (QED) is 0.776. The minimum Gasteiger partial charge on any atom is -0.477 e. The average molecular weight is 316 g/mol. The van der Waals surface area contributed by atoms with Crippen LogP contribution in [0.5, 0.6) is 5.88 Å². The van der Waals surface area contributed by atoms with Gasteiger partial charge in [0.2, 0.25) is 5.88 Å². The summed E-state index contributed by atoms with van der Waals surface area (Å²) in [6.07, 6.45) is 4.40. The molecule has 0 spiro atoms. The van der Waals surface area contributed by atoms with E-state index in [2.05, 4.69) is 37.7 Å². The van der Waals surface area contributed by atoms with E-state index in [-0.39, 0.29) is 0 Å². The van der Waals surface area contributed by atoms with Crippen LogP contribution in [-0.4, -0.2) is 47.7 Å². The lowest BCUT2D eigenvalue weighted by molar-refractivity contribution is 0.0999. The van der Waals surface area contributed by atoms with E-state index < -0.39 is 0 Å². The summed E-state index contributed by atoms with van der Waals surface area (Å²) >= 11 is 3.51. The number of halogens is 1. The van der Waals surface area contributed by atoms with Crippen molar-refractivity contribution in [1.82, 2.24) is 9.97 Å². The largest absolute Gasteiger partial charge is 0.477 e. The van der Waals surface area contributed by atoms with Gasteiger partial charge < -0.3 is 14.4 Å². The highest BCUT2D eigenvalue weighted by molar-refractivity contribution is 9.09. The number of morpholine rings is 1. The number of ether oxygens (including phenoxy) is 2. The Kier molecular flexibility index (Phi) is 5.19. The summed E-state index contributed by atoms with van der Waals surface area (Å²) in [4.78, 5) is 10.9. The van der Waals surface area contributed by atoms with Crippen molar-refractivity contribution in [3.63, 3.8) is 0 Å². The predicted octanol–water partition coefficient (Wildman–Crippen LogP) is 1.87. The second-order valence-corrected chi connectivity index (χ2v) is 4.79. The fourth-order valence-electron chi connectivity index (χ4n) is 1.84. The van der Waals surface area contributed by atoms with Crippen molar-refractivity contribution in [2.45, 2.75) is 19.4 Å². The maximum Gasteiger partial charge on any atom is 0.234 e. The van der Waals surface area contributed by atoms with E-state index in [0.29, 0.717) is 25.1 Å². The Bertz CT molecular complexity index is 378. The van der Waals surface area contributed by atoms with E-state index in [0.717, 1.165) is 30.7 Å². The topological polar surface area (TPSA) is 47.5 Å². The molecule has 1 unspecified atom stereocenters. The highest BCUT2D eigenvalue weighted by atomic mass is 79.9. The van der Waals surface area contributed by atoms with E-state index in [4.69, 9.17) is 9.47 Å². The molecule has 1 fully saturated rings. The van der Waals surface area contributed by atoms with Gasteiger partial charge in [-0.3, -0.25) is 4.98 Å². The third-order valence-corrected chi connectivity index (χ3v) is 3.50. The summed E-state index contributed by atoms with van der Waals surface area (Å²) in [5, 5.41) is 0.856. The van der Waals surface area contributed by atoms with E-state index in [1.165, 1.54) is 0 Å². The molecule has 1 aromatic heterocycles. The molecule has 0 saturated carbocycles. The molecule has 5 nitrogen and oxygen atoms in total. The highest BCUT2D eigenvalue weighted by Gasteiger charge is 2.23. The van der Waals surface area contributed by atoms with Crippen LogP contribution in [0.25, 0.3) is 0 Å². The normalized spacial score (nSPS) is 19.9. The van der Waals surface area contributed by atoms with Crippen LogP contribution in [0, 0.1) is 0 Å². The van der Waals surface area contributed by atoms with Gasteiger partial charge in [0.25, 0.3) is 0 Å². The molecule has 1 aliphatic rings. The highest BCUT2D eigenvalue weighted by Crippen LogP contribution is 2.20. The molecule has 0 N–H and O–H groups in total. The van der Waals surface area contributed by atoms with E-state index in [1.54, 1.807) is 12.4 Å². The molecule has 1 aromatic rings. The predicted molar refractivity (Wildman–Crippen MR) is 73.6 cm³/mol. The average Bonchev–Trinajstić information content (AvgIpc) is 2.45. The van der Waals surface area contributed by atoms with Crippen LogP contribution in [0.1, 0.15) is 13.3 Å². The Balaban J connectivity index is 2.10. The van der Waals surface area contributed by atoms with Gasteiger partial charge in [0, 0.05) is 11.9 Å². The van der Waals surface area contributed by atoms with Crippen LogP contribution in [0.3, 0.4) is 0 Å². The van der Waals surface area contributed by atoms with E-state index in [9.17, 15) is 0 Å². The minimum atomic E-state index is 0.300. The third kappa shape index (κ3) is 3.32. The van der Waals surface area contributed by atoms with Gasteiger partial charge in [-0.15, -0.1) is 0 Å². The Morgan fingerprint density at radius 2 is 2.44 bits per heavy atom. The van der Waals surface area contributed by atoms with Crippen molar-refractivity contribution < 1.29 is 9.47 Å². The molecule has 100 valence electrons. The van der Waals surface area contributed by atoms with Crippen LogP contribution in [0.15, 0.2) is 12.4 Å². The van der Waals surface area contributed by atoms with Crippen LogP contribution in [-0.2, 0) is 4.74 Å². The number of aromatic nitrogens is 2. The van der Waals surface area contributed by atoms with Gasteiger partial charge in [0.1, 0.15) is 0 Å². The van der Waals surface area contributed by atoms with Crippen LogP contribution < -0.4 is 9.64 Å². The number of hydrogen-bond donors (Lipinski definition) is 0. The molecule has 0 bridgehead atoms. The van der Waals surface area contributed by atoms with Crippen molar-refractivity contribution in [2.24, 2.45) is 0 Å². The van der Waals surface area contributed by atoms with Crippen molar-refractivity contribution >= 4 is 21.7 Å². The first kappa shape index (κ1) is 13.5. The van der Waals surface area contributed by atoms with Gasteiger partial charge in [-0.2, -0.15) is 4.98 Å². The number of anilines is 1. The van der Waals surface area contributed by atoms with Crippen LogP contribution in [0.2, 0.25) is 0 Å².